The number of hydrogen-bond acceptors (Lipinski definition) is 2. The minimum Gasteiger partial charge on any atom is -0.379 e. The summed E-state index contributed by atoms with van der Waals surface area (Å²) in [5.41, 5.74) is -0.902. The van der Waals surface area contributed by atoms with E-state index in [1.165, 1.54) is 13.2 Å². The average molecular weight is 279 g/mol. The Hall–Kier alpha value is -1.14. The minimum atomic E-state index is -4.70. The highest BCUT2D eigenvalue weighted by molar-refractivity contribution is 5.30. The van der Waals surface area contributed by atoms with Crippen molar-refractivity contribution >= 4 is 0 Å². The van der Waals surface area contributed by atoms with Crippen molar-refractivity contribution in [3.63, 3.8) is 0 Å². The van der Waals surface area contributed by atoms with Crippen LogP contribution < -0.4 is 5.32 Å². The van der Waals surface area contributed by atoms with Crippen LogP contribution in [0.25, 0.3) is 0 Å². The molecule has 19 heavy (non-hydrogen) atoms. The number of alkyl halides is 3. The molecular weight excluding hydrogens is 262 g/mol. The van der Waals surface area contributed by atoms with Gasteiger partial charge in [-0.2, -0.15) is 13.2 Å². The number of rotatable bonds is 5. The van der Waals surface area contributed by atoms with Gasteiger partial charge in [0.25, 0.3) is 0 Å². The Kier molecular flexibility index (Phi) is 5.31. The van der Waals surface area contributed by atoms with Gasteiger partial charge >= 0.3 is 6.18 Å². The third-order valence-corrected chi connectivity index (χ3v) is 3.04. The molecule has 0 aliphatic heterocycles. The molecule has 0 fully saturated rings. The maximum atomic E-state index is 13.2. The molecule has 2 nitrogen and oxygen atoms in total. The molecule has 108 valence electrons. The summed E-state index contributed by atoms with van der Waals surface area (Å²) in [4.78, 5) is 0. The normalized spacial score (nSPS) is 15.3. The first-order valence-corrected chi connectivity index (χ1v) is 5.91. The molecule has 0 aliphatic carbocycles. The van der Waals surface area contributed by atoms with E-state index in [1.54, 1.807) is 7.05 Å². The molecule has 0 heterocycles. The van der Waals surface area contributed by atoms with Crippen molar-refractivity contribution in [2.45, 2.75) is 31.7 Å². The van der Waals surface area contributed by atoms with Crippen LogP contribution in [0.1, 0.15) is 30.5 Å². The van der Waals surface area contributed by atoms with E-state index in [0.29, 0.717) is 12.0 Å². The highest BCUT2D eigenvalue weighted by atomic mass is 19.4. The summed E-state index contributed by atoms with van der Waals surface area (Å²) in [5, 5.41) is 2.90. The molecule has 1 rings (SSSR count). The zero-order chi connectivity index (χ0) is 14.6. The fraction of sp³-hybridized carbons (Fsp3) is 0.538. The lowest BCUT2D eigenvalue weighted by Gasteiger charge is -2.25. The quantitative estimate of drug-likeness (QED) is 0.833. The van der Waals surface area contributed by atoms with E-state index >= 15 is 0 Å². The van der Waals surface area contributed by atoms with Gasteiger partial charge in [0, 0.05) is 7.11 Å². The number of hydrogen-bond donors (Lipinski definition) is 1. The van der Waals surface area contributed by atoms with Crippen molar-refractivity contribution in [2.24, 2.45) is 0 Å². The van der Waals surface area contributed by atoms with Gasteiger partial charge in [0.1, 0.15) is 5.82 Å². The fourth-order valence-electron chi connectivity index (χ4n) is 2.06. The minimum absolute atomic E-state index is 0.281. The summed E-state index contributed by atoms with van der Waals surface area (Å²) in [7, 11) is 3.12. The molecule has 0 saturated heterocycles. The largest absolute Gasteiger partial charge is 0.419 e. The van der Waals surface area contributed by atoms with Crippen LogP contribution in [0.2, 0.25) is 0 Å². The molecule has 0 amide bonds. The maximum Gasteiger partial charge on any atom is 0.419 e. The number of ether oxygens (including phenoxy) is 1. The fourth-order valence-corrected chi connectivity index (χ4v) is 2.06. The van der Waals surface area contributed by atoms with Gasteiger partial charge in [-0.15, -0.1) is 0 Å². The van der Waals surface area contributed by atoms with Gasteiger partial charge in [0.15, 0.2) is 0 Å². The van der Waals surface area contributed by atoms with Crippen LogP contribution in [0.3, 0.4) is 0 Å². The SMILES string of the molecule is CCC(OC)C(NC)c1ccc(F)c(C(F)(F)F)c1. The van der Waals surface area contributed by atoms with E-state index in [0.717, 1.165) is 12.1 Å². The summed E-state index contributed by atoms with van der Waals surface area (Å²) < 4.78 is 56.5. The van der Waals surface area contributed by atoms with E-state index in [9.17, 15) is 17.6 Å². The van der Waals surface area contributed by atoms with Gasteiger partial charge in [-0.25, -0.2) is 4.39 Å². The second kappa shape index (κ2) is 6.34. The van der Waals surface area contributed by atoms with Crippen LogP contribution in [0, 0.1) is 5.82 Å². The van der Waals surface area contributed by atoms with Crippen LogP contribution >= 0.6 is 0 Å². The number of nitrogens with one attached hydrogen (secondary N) is 1. The number of halogens is 4. The highest BCUT2D eigenvalue weighted by Gasteiger charge is 2.35. The predicted octanol–water partition coefficient (Wildman–Crippen LogP) is 3.53. The molecule has 1 aromatic carbocycles. The van der Waals surface area contributed by atoms with Crippen molar-refractivity contribution in [1.29, 1.82) is 0 Å². The zero-order valence-corrected chi connectivity index (χ0v) is 11.0. The van der Waals surface area contributed by atoms with Gasteiger partial charge in [0.05, 0.1) is 17.7 Å². The third-order valence-electron chi connectivity index (χ3n) is 3.04. The Balaban J connectivity index is 3.19. The summed E-state index contributed by atoms with van der Waals surface area (Å²) in [6.07, 6.45) is -4.36. The molecule has 0 bridgehead atoms. The van der Waals surface area contributed by atoms with Crippen molar-refractivity contribution in [2.75, 3.05) is 14.2 Å². The summed E-state index contributed by atoms with van der Waals surface area (Å²) in [6, 6.07) is 2.59. The van der Waals surface area contributed by atoms with Gasteiger partial charge in [-0.3, -0.25) is 0 Å². The molecule has 0 aliphatic rings. The van der Waals surface area contributed by atoms with Crippen molar-refractivity contribution < 1.29 is 22.3 Å². The lowest BCUT2D eigenvalue weighted by molar-refractivity contribution is -0.140. The van der Waals surface area contributed by atoms with Crippen LogP contribution in [0.15, 0.2) is 18.2 Å². The summed E-state index contributed by atoms with van der Waals surface area (Å²) >= 11 is 0. The second-order valence-corrected chi connectivity index (χ2v) is 4.19. The van der Waals surface area contributed by atoms with E-state index in [1.807, 2.05) is 6.92 Å². The first-order valence-electron chi connectivity index (χ1n) is 5.91. The molecule has 2 unspecified atom stereocenters. The Morgan fingerprint density at radius 3 is 2.37 bits per heavy atom. The summed E-state index contributed by atoms with van der Waals surface area (Å²) in [6.45, 7) is 1.87. The summed E-state index contributed by atoms with van der Waals surface area (Å²) in [5.74, 6) is -1.27. The van der Waals surface area contributed by atoms with Gasteiger partial charge in [-0.1, -0.05) is 13.0 Å². The maximum absolute atomic E-state index is 13.2. The van der Waals surface area contributed by atoms with Crippen LogP contribution in [-0.2, 0) is 10.9 Å². The number of benzene rings is 1. The molecule has 0 saturated carbocycles. The zero-order valence-electron chi connectivity index (χ0n) is 11.0. The number of methoxy groups -OCH3 is 1. The average Bonchev–Trinajstić information content (AvgIpc) is 2.35. The van der Waals surface area contributed by atoms with E-state index in [-0.39, 0.29) is 6.10 Å². The highest BCUT2D eigenvalue weighted by Crippen LogP contribution is 2.33. The molecule has 1 aromatic rings. The topological polar surface area (TPSA) is 21.3 Å². The predicted molar refractivity (Wildman–Crippen MR) is 64.3 cm³/mol. The van der Waals surface area contributed by atoms with Crippen LogP contribution in [0.5, 0.6) is 0 Å². The lowest BCUT2D eigenvalue weighted by Crippen LogP contribution is -2.30. The molecule has 0 radical (unpaired) electrons. The molecule has 0 spiro atoms. The smallest absolute Gasteiger partial charge is 0.379 e. The molecule has 6 heteroatoms. The van der Waals surface area contributed by atoms with Gasteiger partial charge in [0.2, 0.25) is 0 Å². The lowest BCUT2D eigenvalue weighted by atomic mass is 9.97. The molecular formula is C13H17F4NO. The van der Waals surface area contributed by atoms with E-state index < -0.39 is 23.6 Å². The monoisotopic (exact) mass is 279 g/mol. The van der Waals surface area contributed by atoms with Crippen molar-refractivity contribution in [1.82, 2.24) is 5.32 Å². The van der Waals surface area contributed by atoms with Crippen LogP contribution in [0.4, 0.5) is 17.6 Å². The number of likely N-dealkylation sites (N-methyl/N-ethyl adjacent to an activating group) is 1. The Morgan fingerprint density at radius 1 is 1.32 bits per heavy atom. The third kappa shape index (κ3) is 3.67. The van der Waals surface area contributed by atoms with Crippen molar-refractivity contribution in [3.8, 4) is 0 Å². The Bertz CT molecular complexity index is 416. The second-order valence-electron chi connectivity index (χ2n) is 4.19. The van der Waals surface area contributed by atoms with E-state index in [2.05, 4.69) is 5.32 Å². The first kappa shape index (κ1) is 15.9. The standard InChI is InChI=1S/C13H17F4NO/c1-4-11(19-3)12(18-2)8-5-6-10(14)9(7-8)13(15,16)17/h5-7,11-12,18H,4H2,1-3H3. The Labute approximate surface area is 109 Å². The molecule has 2 atom stereocenters. The molecule has 1 N–H and O–H groups in total. The van der Waals surface area contributed by atoms with E-state index in [4.69, 9.17) is 4.74 Å². The molecule has 0 aromatic heterocycles. The van der Waals surface area contributed by atoms with Crippen LogP contribution in [-0.4, -0.2) is 20.3 Å². The van der Waals surface area contributed by atoms with Gasteiger partial charge in [-0.05, 0) is 31.2 Å². The van der Waals surface area contributed by atoms with Gasteiger partial charge < -0.3 is 10.1 Å². The van der Waals surface area contributed by atoms with Crippen molar-refractivity contribution in [3.05, 3.63) is 35.1 Å². The first-order chi connectivity index (χ1) is 8.85. The Morgan fingerprint density at radius 2 is 1.95 bits per heavy atom.